The molecule has 0 unspecified atom stereocenters. The van der Waals surface area contributed by atoms with E-state index in [1.54, 1.807) is 18.3 Å². The highest BCUT2D eigenvalue weighted by Gasteiger charge is 2.26. The fraction of sp³-hybridized carbons (Fsp3) is 0.375. The summed E-state index contributed by atoms with van der Waals surface area (Å²) in [6.07, 6.45) is 3.20. The standard InChI is InChI=1S/C16H17FN2O3/c17-13-5-3-11(4-6-13)14-8-18-15(22-14)10-19-7-1-2-12(9-19)16(20)21/h3-6,8,12H,1-2,7,9-10H2,(H,20,21)/t12-/m1/s1. The molecule has 6 heteroatoms. The number of carboxylic acids is 1. The molecule has 2 aromatic rings. The Labute approximate surface area is 127 Å². The lowest BCUT2D eigenvalue weighted by Gasteiger charge is -2.29. The fourth-order valence-electron chi connectivity index (χ4n) is 2.72. The van der Waals surface area contributed by atoms with Gasteiger partial charge in [0.15, 0.2) is 5.76 Å². The Balaban J connectivity index is 1.66. The molecule has 0 amide bonds. The van der Waals surface area contributed by atoms with Crippen molar-refractivity contribution in [3.8, 4) is 11.3 Å². The Bertz CT molecular complexity index is 654. The molecule has 22 heavy (non-hydrogen) atoms. The molecule has 0 aliphatic carbocycles. The van der Waals surface area contributed by atoms with Gasteiger partial charge in [0.1, 0.15) is 5.82 Å². The van der Waals surface area contributed by atoms with Crippen LogP contribution in [0.1, 0.15) is 18.7 Å². The first-order valence-electron chi connectivity index (χ1n) is 7.27. The molecule has 1 saturated heterocycles. The number of carbonyl (C=O) groups is 1. The summed E-state index contributed by atoms with van der Waals surface area (Å²) in [6.45, 7) is 1.85. The van der Waals surface area contributed by atoms with E-state index >= 15 is 0 Å². The van der Waals surface area contributed by atoms with Crippen LogP contribution < -0.4 is 0 Å². The highest BCUT2D eigenvalue weighted by molar-refractivity contribution is 5.70. The van der Waals surface area contributed by atoms with Gasteiger partial charge >= 0.3 is 5.97 Å². The maximum atomic E-state index is 12.9. The molecule has 0 saturated carbocycles. The number of benzene rings is 1. The molecule has 0 spiro atoms. The minimum Gasteiger partial charge on any atom is -0.481 e. The summed E-state index contributed by atoms with van der Waals surface area (Å²) < 4.78 is 18.6. The van der Waals surface area contributed by atoms with Crippen molar-refractivity contribution in [3.05, 3.63) is 42.2 Å². The third kappa shape index (κ3) is 3.33. The lowest BCUT2D eigenvalue weighted by molar-refractivity contribution is -0.143. The summed E-state index contributed by atoms with van der Waals surface area (Å²) >= 11 is 0. The Kier molecular flexibility index (Phi) is 4.20. The van der Waals surface area contributed by atoms with Crippen molar-refractivity contribution in [2.45, 2.75) is 19.4 Å². The van der Waals surface area contributed by atoms with Crippen LogP contribution in [-0.4, -0.2) is 34.0 Å². The number of rotatable bonds is 4. The van der Waals surface area contributed by atoms with E-state index in [-0.39, 0.29) is 11.7 Å². The second-order valence-corrected chi connectivity index (χ2v) is 5.54. The van der Waals surface area contributed by atoms with Gasteiger partial charge in [0.2, 0.25) is 5.89 Å². The Morgan fingerprint density at radius 1 is 1.41 bits per heavy atom. The van der Waals surface area contributed by atoms with E-state index in [0.717, 1.165) is 24.9 Å². The molecular weight excluding hydrogens is 287 g/mol. The molecule has 1 N–H and O–H groups in total. The summed E-state index contributed by atoms with van der Waals surface area (Å²) in [7, 11) is 0. The zero-order valence-electron chi connectivity index (χ0n) is 12.0. The van der Waals surface area contributed by atoms with E-state index in [2.05, 4.69) is 4.98 Å². The molecule has 1 fully saturated rings. The highest BCUT2D eigenvalue weighted by atomic mass is 19.1. The first kappa shape index (κ1) is 14.7. The van der Waals surface area contributed by atoms with Crippen LogP contribution in [0.4, 0.5) is 4.39 Å². The van der Waals surface area contributed by atoms with Gasteiger partial charge in [-0.3, -0.25) is 9.69 Å². The monoisotopic (exact) mass is 304 g/mol. The van der Waals surface area contributed by atoms with Crippen molar-refractivity contribution >= 4 is 5.97 Å². The first-order valence-corrected chi connectivity index (χ1v) is 7.27. The lowest BCUT2D eigenvalue weighted by atomic mass is 9.98. The van der Waals surface area contributed by atoms with Gasteiger partial charge in [0.25, 0.3) is 0 Å². The van der Waals surface area contributed by atoms with Gasteiger partial charge in [-0.2, -0.15) is 0 Å². The molecule has 3 rings (SSSR count). The molecule has 5 nitrogen and oxygen atoms in total. The molecule has 0 radical (unpaired) electrons. The summed E-state index contributed by atoms with van der Waals surface area (Å²) in [5.41, 5.74) is 0.766. The van der Waals surface area contributed by atoms with Crippen molar-refractivity contribution in [2.75, 3.05) is 13.1 Å². The highest BCUT2D eigenvalue weighted by Crippen LogP contribution is 2.23. The van der Waals surface area contributed by atoms with Gasteiger partial charge in [0.05, 0.1) is 18.7 Å². The second-order valence-electron chi connectivity index (χ2n) is 5.54. The number of hydrogen-bond acceptors (Lipinski definition) is 4. The van der Waals surface area contributed by atoms with E-state index in [1.807, 2.05) is 4.90 Å². The predicted octanol–water partition coefficient (Wildman–Crippen LogP) is 2.78. The van der Waals surface area contributed by atoms with Crippen LogP contribution in [0.5, 0.6) is 0 Å². The maximum Gasteiger partial charge on any atom is 0.307 e. The normalized spacial score (nSPS) is 19.2. The van der Waals surface area contributed by atoms with E-state index < -0.39 is 5.97 Å². The molecule has 1 atom stereocenters. The molecule has 0 bridgehead atoms. The largest absolute Gasteiger partial charge is 0.481 e. The van der Waals surface area contributed by atoms with Crippen LogP contribution in [0.3, 0.4) is 0 Å². The van der Waals surface area contributed by atoms with Gasteiger partial charge in [-0.25, -0.2) is 9.37 Å². The SMILES string of the molecule is O=C(O)[C@@H]1CCCN(Cc2ncc(-c3ccc(F)cc3)o2)C1. The summed E-state index contributed by atoms with van der Waals surface area (Å²) in [4.78, 5) is 17.3. The molecule has 116 valence electrons. The first-order chi connectivity index (χ1) is 10.6. The molecule has 1 aliphatic heterocycles. The summed E-state index contributed by atoms with van der Waals surface area (Å²) in [5, 5.41) is 9.10. The molecular formula is C16H17FN2O3. The lowest BCUT2D eigenvalue weighted by Crippen LogP contribution is -2.38. The number of piperidine rings is 1. The van der Waals surface area contributed by atoms with E-state index in [0.29, 0.717) is 24.7 Å². The van der Waals surface area contributed by atoms with Gasteiger partial charge in [-0.05, 0) is 43.7 Å². The van der Waals surface area contributed by atoms with E-state index in [4.69, 9.17) is 9.52 Å². The summed E-state index contributed by atoms with van der Waals surface area (Å²) in [6, 6.07) is 6.03. The number of nitrogens with zero attached hydrogens (tertiary/aromatic N) is 2. The number of carboxylic acid groups (broad SMARTS) is 1. The van der Waals surface area contributed by atoms with Crippen LogP contribution in [0.15, 0.2) is 34.9 Å². The molecule has 1 aromatic carbocycles. The topological polar surface area (TPSA) is 66.6 Å². The number of hydrogen-bond donors (Lipinski definition) is 1. The second kappa shape index (κ2) is 6.27. The maximum absolute atomic E-state index is 12.9. The Morgan fingerprint density at radius 2 is 2.18 bits per heavy atom. The average molecular weight is 304 g/mol. The van der Waals surface area contributed by atoms with Gasteiger partial charge in [0, 0.05) is 12.1 Å². The van der Waals surface area contributed by atoms with Gasteiger partial charge in [-0.1, -0.05) is 0 Å². The Morgan fingerprint density at radius 3 is 2.91 bits per heavy atom. The van der Waals surface area contributed by atoms with Crippen molar-refractivity contribution in [1.29, 1.82) is 0 Å². The average Bonchev–Trinajstić information content (AvgIpc) is 2.96. The third-order valence-corrected chi connectivity index (χ3v) is 3.90. The van der Waals surface area contributed by atoms with Crippen LogP contribution in [0, 0.1) is 11.7 Å². The summed E-state index contributed by atoms with van der Waals surface area (Å²) in [5.74, 6) is -0.229. The van der Waals surface area contributed by atoms with Crippen LogP contribution in [0.2, 0.25) is 0 Å². The van der Waals surface area contributed by atoms with Crippen LogP contribution in [-0.2, 0) is 11.3 Å². The Hall–Kier alpha value is -2.21. The third-order valence-electron chi connectivity index (χ3n) is 3.90. The van der Waals surface area contributed by atoms with Crippen molar-refractivity contribution < 1.29 is 18.7 Å². The fourth-order valence-corrected chi connectivity index (χ4v) is 2.72. The smallest absolute Gasteiger partial charge is 0.307 e. The van der Waals surface area contributed by atoms with Crippen LogP contribution >= 0.6 is 0 Å². The number of aromatic nitrogens is 1. The van der Waals surface area contributed by atoms with E-state index in [9.17, 15) is 9.18 Å². The van der Waals surface area contributed by atoms with Gasteiger partial charge in [-0.15, -0.1) is 0 Å². The number of halogens is 1. The number of likely N-dealkylation sites (tertiary alicyclic amines) is 1. The van der Waals surface area contributed by atoms with Crippen LogP contribution in [0.25, 0.3) is 11.3 Å². The predicted molar refractivity (Wildman–Crippen MR) is 77.5 cm³/mol. The van der Waals surface area contributed by atoms with Crippen molar-refractivity contribution in [3.63, 3.8) is 0 Å². The van der Waals surface area contributed by atoms with Crippen molar-refractivity contribution in [1.82, 2.24) is 9.88 Å². The minimum absolute atomic E-state index is 0.295. The van der Waals surface area contributed by atoms with E-state index in [1.165, 1.54) is 12.1 Å². The van der Waals surface area contributed by atoms with Gasteiger partial charge < -0.3 is 9.52 Å². The molecule has 1 aliphatic rings. The zero-order chi connectivity index (χ0) is 15.5. The minimum atomic E-state index is -0.746. The van der Waals surface area contributed by atoms with Crippen molar-refractivity contribution in [2.24, 2.45) is 5.92 Å². The number of aliphatic carboxylic acids is 1. The zero-order valence-corrected chi connectivity index (χ0v) is 12.0. The molecule has 1 aromatic heterocycles. The molecule has 2 heterocycles. The quantitative estimate of drug-likeness (QED) is 0.941. The number of oxazole rings is 1.